The number of imidazole rings is 1. The third-order valence-corrected chi connectivity index (χ3v) is 6.30. The van der Waals surface area contributed by atoms with Gasteiger partial charge in [-0.25, -0.2) is 13.4 Å². The molecule has 2 aromatic carbocycles. The van der Waals surface area contributed by atoms with Crippen molar-refractivity contribution in [2.45, 2.75) is 10.6 Å². The molecule has 7 nitrogen and oxygen atoms in total. The Morgan fingerprint density at radius 2 is 1.68 bits per heavy atom. The summed E-state index contributed by atoms with van der Waals surface area (Å²) in [7, 11) is -3.84. The lowest BCUT2D eigenvalue weighted by Gasteiger charge is -2.02. The molecule has 0 bridgehead atoms. The first kappa shape index (κ1) is 20.6. The van der Waals surface area contributed by atoms with Gasteiger partial charge in [0, 0.05) is 5.56 Å². The monoisotopic (exact) mass is 451 g/mol. The summed E-state index contributed by atoms with van der Waals surface area (Å²) in [5.74, 6) is 4.81. The number of rotatable bonds is 4. The van der Waals surface area contributed by atoms with E-state index in [9.17, 15) is 18.5 Å². The van der Waals surface area contributed by atoms with Crippen molar-refractivity contribution in [2.75, 3.05) is 0 Å². The van der Waals surface area contributed by atoms with Gasteiger partial charge >= 0.3 is 5.82 Å². The lowest BCUT2D eigenvalue weighted by molar-refractivity contribution is -0.391. The average Bonchev–Trinajstić information content (AvgIpc) is 3.10. The summed E-state index contributed by atoms with van der Waals surface area (Å²) in [6.45, 7) is 0. The van der Waals surface area contributed by atoms with Crippen LogP contribution in [0.25, 0.3) is 5.65 Å². The number of benzene rings is 2. The Kier molecular flexibility index (Phi) is 5.46. The minimum Gasteiger partial charge on any atom is -0.358 e. The van der Waals surface area contributed by atoms with Crippen LogP contribution in [0.1, 0.15) is 16.8 Å². The van der Waals surface area contributed by atoms with Gasteiger partial charge in [-0.1, -0.05) is 59.8 Å². The number of hydrogen-bond donors (Lipinski definition) is 0. The molecule has 0 fully saturated rings. The van der Waals surface area contributed by atoms with Crippen LogP contribution < -0.4 is 0 Å². The number of nitro groups is 1. The molecule has 0 spiro atoms. The maximum Gasteiger partial charge on any atom is 0.352 e. The lowest BCUT2D eigenvalue weighted by Crippen LogP contribution is -2.07. The highest BCUT2D eigenvalue weighted by molar-refractivity contribution is 7.90. The van der Waals surface area contributed by atoms with Gasteiger partial charge in [0.15, 0.2) is 15.5 Å². The van der Waals surface area contributed by atoms with Crippen molar-refractivity contribution in [3.63, 3.8) is 0 Å². The molecule has 0 atom stereocenters. The van der Waals surface area contributed by atoms with E-state index in [4.69, 9.17) is 11.6 Å². The molecule has 31 heavy (non-hydrogen) atoms. The van der Waals surface area contributed by atoms with Crippen LogP contribution in [-0.2, 0) is 15.6 Å². The van der Waals surface area contributed by atoms with Gasteiger partial charge in [0.2, 0.25) is 5.65 Å². The zero-order valence-electron chi connectivity index (χ0n) is 15.9. The second kappa shape index (κ2) is 8.22. The van der Waals surface area contributed by atoms with E-state index in [-0.39, 0.29) is 21.3 Å². The number of fused-ring (bicyclic) bond motifs is 1. The van der Waals surface area contributed by atoms with Gasteiger partial charge in [-0.05, 0) is 35.3 Å². The van der Waals surface area contributed by atoms with Crippen LogP contribution >= 0.6 is 11.6 Å². The van der Waals surface area contributed by atoms with Crippen molar-refractivity contribution in [1.29, 1.82) is 0 Å². The maximum atomic E-state index is 12.8. The van der Waals surface area contributed by atoms with Crippen molar-refractivity contribution in [3.8, 4) is 11.8 Å². The van der Waals surface area contributed by atoms with Crippen molar-refractivity contribution >= 4 is 32.9 Å². The Morgan fingerprint density at radius 1 is 1.03 bits per heavy atom. The number of pyridine rings is 1. The first-order valence-corrected chi connectivity index (χ1v) is 11.1. The highest BCUT2D eigenvalue weighted by Crippen LogP contribution is 2.28. The van der Waals surface area contributed by atoms with E-state index in [0.29, 0.717) is 5.56 Å². The van der Waals surface area contributed by atoms with Crippen LogP contribution in [0.15, 0.2) is 77.8 Å². The summed E-state index contributed by atoms with van der Waals surface area (Å²) in [5, 5.41) is 12.0. The van der Waals surface area contributed by atoms with E-state index in [0.717, 1.165) is 5.56 Å². The summed E-state index contributed by atoms with van der Waals surface area (Å²) < 4.78 is 26.8. The third-order valence-electron chi connectivity index (χ3n) is 4.45. The highest BCUT2D eigenvalue weighted by Gasteiger charge is 2.29. The molecule has 0 unspecified atom stereocenters. The molecule has 4 rings (SSSR count). The highest BCUT2D eigenvalue weighted by atomic mass is 35.5. The summed E-state index contributed by atoms with van der Waals surface area (Å²) in [5.41, 5.74) is 1.08. The largest absolute Gasteiger partial charge is 0.358 e. The molecule has 0 radical (unpaired) electrons. The molecule has 0 amide bonds. The smallest absolute Gasteiger partial charge is 0.352 e. The quantitative estimate of drug-likeness (QED) is 0.262. The molecule has 0 saturated heterocycles. The van der Waals surface area contributed by atoms with Crippen LogP contribution in [0.3, 0.4) is 0 Å². The zero-order valence-corrected chi connectivity index (χ0v) is 17.5. The molecule has 9 heteroatoms. The third kappa shape index (κ3) is 4.28. The number of halogens is 1. The van der Waals surface area contributed by atoms with E-state index in [1.165, 1.54) is 22.7 Å². The van der Waals surface area contributed by atoms with Crippen LogP contribution in [-0.4, -0.2) is 22.7 Å². The van der Waals surface area contributed by atoms with Crippen LogP contribution in [0.5, 0.6) is 0 Å². The fraction of sp³-hybridized carbons (Fsp3) is 0.0455. The summed E-state index contributed by atoms with van der Waals surface area (Å²) in [6.07, 6.45) is 1.33. The standard InChI is InChI=1S/C22H14ClN3O4S/c23-18-13-17(12-11-16-7-3-1-4-8-16)21-24-20(22(26(27)28)25(21)14-18)15-31(29,30)19-9-5-2-6-10-19/h1-10,13-14H,15H2. The SMILES string of the molecule is O=[N+]([O-])c1c(CS(=O)(=O)c2ccccc2)nc2c(C#Cc3ccccc3)cc(Cl)cn12. The van der Waals surface area contributed by atoms with E-state index in [1.807, 2.05) is 30.3 Å². The predicted molar refractivity (Wildman–Crippen MR) is 117 cm³/mol. The molecule has 2 heterocycles. The van der Waals surface area contributed by atoms with Gasteiger partial charge in [0.05, 0.1) is 15.5 Å². The molecule has 4 aromatic rings. The van der Waals surface area contributed by atoms with Crippen LogP contribution in [0.2, 0.25) is 5.02 Å². The first-order chi connectivity index (χ1) is 14.8. The van der Waals surface area contributed by atoms with Crippen LogP contribution in [0.4, 0.5) is 5.82 Å². The van der Waals surface area contributed by atoms with Gasteiger partial charge < -0.3 is 10.1 Å². The Morgan fingerprint density at radius 3 is 2.32 bits per heavy atom. The molecular formula is C22H14ClN3O4S. The van der Waals surface area contributed by atoms with E-state index >= 15 is 0 Å². The fourth-order valence-electron chi connectivity index (χ4n) is 3.08. The number of nitrogens with zero attached hydrogens (tertiary/aromatic N) is 3. The molecule has 2 aromatic heterocycles. The fourth-order valence-corrected chi connectivity index (χ4v) is 4.58. The second-order valence-electron chi connectivity index (χ2n) is 6.59. The van der Waals surface area contributed by atoms with Gasteiger partial charge in [-0.3, -0.25) is 0 Å². The van der Waals surface area contributed by atoms with Gasteiger partial charge in [0.1, 0.15) is 11.9 Å². The number of hydrogen-bond acceptors (Lipinski definition) is 5. The molecular weight excluding hydrogens is 438 g/mol. The summed E-state index contributed by atoms with van der Waals surface area (Å²) in [6, 6.07) is 18.4. The molecule has 0 N–H and O–H groups in total. The van der Waals surface area contributed by atoms with Crippen molar-refractivity contribution < 1.29 is 13.3 Å². The lowest BCUT2D eigenvalue weighted by atomic mass is 10.2. The topological polar surface area (TPSA) is 94.6 Å². The minimum absolute atomic E-state index is 0.0588. The van der Waals surface area contributed by atoms with E-state index in [2.05, 4.69) is 16.8 Å². The van der Waals surface area contributed by atoms with E-state index in [1.54, 1.807) is 24.3 Å². The minimum atomic E-state index is -3.84. The summed E-state index contributed by atoms with van der Waals surface area (Å²) in [4.78, 5) is 15.5. The Bertz CT molecular complexity index is 1450. The number of sulfone groups is 1. The van der Waals surface area contributed by atoms with Crippen molar-refractivity contribution in [1.82, 2.24) is 9.38 Å². The molecule has 154 valence electrons. The van der Waals surface area contributed by atoms with Crippen molar-refractivity contribution in [3.05, 3.63) is 105 Å². The first-order valence-electron chi connectivity index (χ1n) is 9.05. The molecule has 0 aliphatic heterocycles. The Labute approximate surface area is 183 Å². The number of aromatic nitrogens is 2. The average molecular weight is 452 g/mol. The van der Waals surface area contributed by atoms with E-state index < -0.39 is 26.3 Å². The summed E-state index contributed by atoms with van der Waals surface area (Å²) >= 11 is 6.16. The normalized spacial score (nSPS) is 11.1. The zero-order chi connectivity index (χ0) is 22.0. The van der Waals surface area contributed by atoms with Gasteiger partial charge in [-0.2, -0.15) is 4.40 Å². The second-order valence-corrected chi connectivity index (χ2v) is 9.02. The predicted octanol–water partition coefficient (Wildman–Crippen LogP) is 4.27. The molecule has 0 aliphatic rings. The maximum absolute atomic E-state index is 12.8. The van der Waals surface area contributed by atoms with Crippen molar-refractivity contribution in [2.24, 2.45) is 0 Å². The van der Waals surface area contributed by atoms with Gasteiger partial charge in [-0.15, -0.1) is 0 Å². The van der Waals surface area contributed by atoms with Crippen LogP contribution in [0, 0.1) is 22.0 Å². The Hall–Kier alpha value is -3.67. The molecule has 0 aliphatic carbocycles. The molecule has 0 saturated carbocycles. The van der Waals surface area contributed by atoms with Gasteiger partial charge in [0.25, 0.3) is 0 Å². The Balaban J connectivity index is 1.87.